The fourth-order valence-electron chi connectivity index (χ4n) is 3.22. The van der Waals surface area contributed by atoms with Crippen LogP contribution in [0.2, 0.25) is 5.02 Å². The molecule has 130 valence electrons. The highest BCUT2D eigenvalue weighted by molar-refractivity contribution is 6.34. The quantitative estimate of drug-likeness (QED) is 0.751. The summed E-state index contributed by atoms with van der Waals surface area (Å²) in [6.45, 7) is 4.26. The molecule has 1 fully saturated rings. The Hall–Kier alpha value is -1.65. The maximum Gasteiger partial charge on any atom is 0.161 e. The smallest absolute Gasteiger partial charge is 0.161 e. The van der Waals surface area contributed by atoms with Gasteiger partial charge in [-0.2, -0.15) is 0 Å². The lowest BCUT2D eigenvalue weighted by Crippen LogP contribution is -2.21. The van der Waals surface area contributed by atoms with Crippen LogP contribution in [0, 0.1) is 0 Å². The second-order valence-corrected chi connectivity index (χ2v) is 6.59. The molecule has 24 heavy (non-hydrogen) atoms. The molecule has 4 nitrogen and oxygen atoms in total. The number of hydrogen-bond donors (Lipinski definition) is 1. The van der Waals surface area contributed by atoms with Crippen molar-refractivity contribution in [2.24, 2.45) is 0 Å². The van der Waals surface area contributed by atoms with Gasteiger partial charge in [0, 0.05) is 13.6 Å². The summed E-state index contributed by atoms with van der Waals surface area (Å²) >= 11 is 6.26. The Morgan fingerprint density at radius 3 is 2.50 bits per heavy atom. The van der Waals surface area contributed by atoms with Crippen molar-refractivity contribution >= 4 is 28.1 Å². The second kappa shape index (κ2) is 7.95. The third kappa shape index (κ3) is 3.87. The molecule has 0 atom stereocenters. The number of hydrogen-bond acceptors (Lipinski definition) is 4. The highest BCUT2D eigenvalue weighted by atomic mass is 35.5. The number of fused-ring (bicyclic) bond motifs is 1. The molecule has 1 saturated heterocycles. The standard InChI is InChI=1S/C19H25ClN2O2/c1-21-17-11-15-13-19(18(23-2)12-14(15)10-16(17)20)24-9-5-8-22-6-3-4-7-22/h10-13,21H,3-9H2,1-2H3. The number of ether oxygens (including phenoxy) is 2. The first kappa shape index (κ1) is 17.2. The molecule has 0 aliphatic carbocycles. The van der Waals surface area contributed by atoms with Crippen molar-refractivity contribution in [1.82, 2.24) is 4.90 Å². The van der Waals surface area contributed by atoms with E-state index in [1.54, 1.807) is 7.11 Å². The summed E-state index contributed by atoms with van der Waals surface area (Å²) in [5.74, 6) is 1.53. The summed E-state index contributed by atoms with van der Waals surface area (Å²) in [6, 6.07) is 7.99. The van der Waals surface area contributed by atoms with Gasteiger partial charge < -0.3 is 19.7 Å². The molecule has 2 aromatic rings. The van der Waals surface area contributed by atoms with Crippen LogP contribution in [0.1, 0.15) is 19.3 Å². The number of rotatable bonds is 7. The van der Waals surface area contributed by atoms with E-state index in [4.69, 9.17) is 21.1 Å². The molecule has 1 N–H and O–H groups in total. The van der Waals surface area contributed by atoms with Crippen LogP contribution < -0.4 is 14.8 Å². The second-order valence-electron chi connectivity index (χ2n) is 6.18. The van der Waals surface area contributed by atoms with E-state index in [0.717, 1.165) is 40.9 Å². The van der Waals surface area contributed by atoms with Crippen molar-refractivity contribution in [2.45, 2.75) is 19.3 Å². The molecule has 3 rings (SSSR count). The van der Waals surface area contributed by atoms with Crippen molar-refractivity contribution in [1.29, 1.82) is 0 Å². The molecular formula is C19H25ClN2O2. The van der Waals surface area contributed by atoms with Gasteiger partial charge in [-0.3, -0.25) is 0 Å². The minimum Gasteiger partial charge on any atom is -0.493 e. The molecule has 0 spiro atoms. The van der Waals surface area contributed by atoms with Crippen LogP contribution in [0.25, 0.3) is 10.8 Å². The fraction of sp³-hybridized carbons (Fsp3) is 0.474. The Kier molecular flexibility index (Phi) is 5.69. The maximum absolute atomic E-state index is 6.26. The van der Waals surface area contributed by atoms with E-state index in [-0.39, 0.29) is 0 Å². The molecule has 0 bridgehead atoms. The van der Waals surface area contributed by atoms with E-state index in [0.29, 0.717) is 11.6 Å². The maximum atomic E-state index is 6.26. The number of halogens is 1. The van der Waals surface area contributed by atoms with E-state index in [1.807, 2.05) is 31.3 Å². The molecule has 0 aromatic heterocycles. The lowest BCUT2D eigenvalue weighted by atomic mass is 10.1. The summed E-state index contributed by atoms with van der Waals surface area (Å²) in [7, 11) is 3.54. The molecule has 0 radical (unpaired) electrons. The van der Waals surface area contributed by atoms with Crippen LogP contribution in [-0.2, 0) is 0 Å². The Bertz CT molecular complexity index is 699. The third-order valence-corrected chi connectivity index (χ3v) is 4.87. The SMILES string of the molecule is CNc1cc2cc(OCCCN3CCCC3)c(OC)cc2cc1Cl. The van der Waals surface area contributed by atoms with Crippen LogP contribution in [0.5, 0.6) is 11.5 Å². The lowest BCUT2D eigenvalue weighted by Gasteiger charge is -2.16. The number of nitrogens with zero attached hydrogens (tertiary/aromatic N) is 1. The Labute approximate surface area is 148 Å². The number of methoxy groups -OCH3 is 1. The van der Waals surface area contributed by atoms with Gasteiger partial charge >= 0.3 is 0 Å². The van der Waals surface area contributed by atoms with Crippen LogP contribution in [0.4, 0.5) is 5.69 Å². The summed E-state index contributed by atoms with van der Waals surface area (Å²) < 4.78 is 11.5. The van der Waals surface area contributed by atoms with Crippen molar-refractivity contribution in [2.75, 3.05) is 45.7 Å². The van der Waals surface area contributed by atoms with Gasteiger partial charge in [0.15, 0.2) is 11.5 Å². The van der Waals surface area contributed by atoms with Crippen LogP contribution in [-0.4, -0.2) is 45.3 Å². The molecule has 0 saturated carbocycles. The Morgan fingerprint density at radius 2 is 1.79 bits per heavy atom. The van der Waals surface area contributed by atoms with Crippen molar-refractivity contribution in [3.8, 4) is 11.5 Å². The first-order valence-corrected chi connectivity index (χ1v) is 8.93. The number of likely N-dealkylation sites (tertiary alicyclic amines) is 1. The topological polar surface area (TPSA) is 33.7 Å². The normalized spacial score (nSPS) is 15.0. The summed E-state index contributed by atoms with van der Waals surface area (Å²) in [5.41, 5.74) is 0.911. The number of benzene rings is 2. The van der Waals surface area contributed by atoms with Gasteiger partial charge in [-0.05, 0) is 67.4 Å². The monoisotopic (exact) mass is 348 g/mol. The minimum atomic E-state index is 0.699. The van der Waals surface area contributed by atoms with Crippen LogP contribution in [0.15, 0.2) is 24.3 Å². The average molecular weight is 349 g/mol. The zero-order valence-corrected chi connectivity index (χ0v) is 15.2. The largest absolute Gasteiger partial charge is 0.493 e. The molecular weight excluding hydrogens is 324 g/mol. The van der Waals surface area contributed by atoms with Gasteiger partial charge in [-0.15, -0.1) is 0 Å². The van der Waals surface area contributed by atoms with Crippen molar-refractivity contribution < 1.29 is 9.47 Å². The van der Waals surface area contributed by atoms with Gasteiger partial charge in [-0.1, -0.05) is 11.6 Å². The fourth-order valence-corrected chi connectivity index (χ4v) is 3.49. The highest BCUT2D eigenvalue weighted by Crippen LogP contribution is 2.36. The average Bonchev–Trinajstić information content (AvgIpc) is 3.11. The highest BCUT2D eigenvalue weighted by Gasteiger charge is 2.12. The first-order chi connectivity index (χ1) is 11.7. The molecule has 1 aliphatic rings. The molecule has 0 amide bonds. The predicted molar refractivity (Wildman–Crippen MR) is 101 cm³/mol. The lowest BCUT2D eigenvalue weighted by molar-refractivity contribution is 0.254. The van der Waals surface area contributed by atoms with Gasteiger partial charge in [0.1, 0.15) is 0 Å². The molecule has 1 aliphatic heterocycles. The Morgan fingerprint density at radius 1 is 1.08 bits per heavy atom. The summed E-state index contributed by atoms with van der Waals surface area (Å²) in [6.07, 6.45) is 3.69. The molecule has 0 unspecified atom stereocenters. The van der Waals surface area contributed by atoms with E-state index in [1.165, 1.54) is 25.9 Å². The molecule has 5 heteroatoms. The van der Waals surface area contributed by atoms with E-state index >= 15 is 0 Å². The van der Waals surface area contributed by atoms with E-state index in [9.17, 15) is 0 Å². The zero-order chi connectivity index (χ0) is 16.9. The van der Waals surface area contributed by atoms with Crippen molar-refractivity contribution in [3.63, 3.8) is 0 Å². The molecule has 1 heterocycles. The van der Waals surface area contributed by atoms with E-state index < -0.39 is 0 Å². The minimum absolute atomic E-state index is 0.699. The van der Waals surface area contributed by atoms with Gasteiger partial charge in [0.05, 0.1) is 24.4 Å². The summed E-state index contributed by atoms with van der Waals surface area (Å²) in [4.78, 5) is 2.50. The molecule has 2 aromatic carbocycles. The predicted octanol–water partition coefficient (Wildman–Crippen LogP) is 4.41. The number of anilines is 1. The number of nitrogens with one attached hydrogen (secondary N) is 1. The van der Waals surface area contributed by atoms with Gasteiger partial charge in [0.2, 0.25) is 0 Å². The zero-order valence-electron chi connectivity index (χ0n) is 14.4. The summed E-state index contributed by atoms with van der Waals surface area (Å²) in [5, 5.41) is 5.93. The first-order valence-electron chi connectivity index (χ1n) is 8.55. The van der Waals surface area contributed by atoms with E-state index in [2.05, 4.69) is 10.2 Å². The van der Waals surface area contributed by atoms with Gasteiger partial charge in [-0.25, -0.2) is 0 Å². The van der Waals surface area contributed by atoms with Gasteiger partial charge in [0.25, 0.3) is 0 Å². The third-order valence-electron chi connectivity index (χ3n) is 4.55. The van der Waals surface area contributed by atoms with Crippen LogP contribution >= 0.6 is 11.6 Å². The van der Waals surface area contributed by atoms with Crippen LogP contribution in [0.3, 0.4) is 0 Å². The Balaban J connectivity index is 1.71. The van der Waals surface area contributed by atoms with Crippen molar-refractivity contribution in [3.05, 3.63) is 29.3 Å².